The van der Waals surface area contributed by atoms with E-state index in [1.807, 2.05) is 0 Å². The van der Waals surface area contributed by atoms with Gasteiger partial charge in [-0.1, -0.05) is 0 Å². The van der Waals surface area contributed by atoms with E-state index in [0.717, 1.165) is 23.9 Å². The number of nitrogens with zero attached hydrogens (tertiary/aromatic N) is 2. The zero-order valence-electron chi connectivity index (χ0n) is 14.1. The summed E-state index contributed by atoms with van der Waals surface area (Å²) in [4.78, 5) is 6.99. The van der Waals surface area contributed by atoms with Crippen LogP contribution in [0.4, 0.5) is 5.13 Å². The third kappa shape index (κ3) is 6.74. The molecule has 1 aromatic heterocycles. The van der Waals surface area contributed by atoms with Crippen LogP contribution >= 0.6 is 11.3 Å². The van der Waals surface area contributed by atoms with Crippen molar-refractivity contribution in [1.29, 1.82) is 0 Å². The van der Waals surface area contributed by atoms with E-state index in [1.165, 1.54) is 0 Å². The smallest absolute Gasteiger partial charge is 0.185 e. The van der Waals surface area contributed by atoms with Crippen molar-refractivity contribution in [3.8, 4) is 0 Å². The molecule has 1 N–H and O–H groups in total. The molecule has 5 nitrogen and oxygen atoms in total. The molecule has 1 aromatic rings. The van der Waals surface area contributed by atoms with Gasteiger partial charge in [-0.15, -0.1) is 11.3 Å². The van der Waals surface area contributed by atoms with Gasteiger partial charge in [0.15, 0.2) is 5.13 Å². The van der Waals surface area contributed by atoms with Crippen molar-refractivity contribution in [3.05, 3.63) is 11.1 Å². The van der Waals surface area contributed by atoms with Gasteiger partial charge in [0.25, 0.3) is 0 Å². The fourth-order valence-electron chi connectivity index (χ4n) is 1.89. The number of thiazole rings is 1. The van der Waals surface area contributed by atoms with Crippen molar-refractivity contribution >= 4 is 16.5 Å². The topological polar surface area (TPSA) is 46.6 Å². The first kappa shape index (κ1) is 18.4. The number of methoxy groups -OCH3 is 2. The number of hydrogen-bond acceptors (Lipinski definition) is 6. The van der Waals surface area contributed by atoms with Gasteiger partial charge in [-0.25, -0.2) is 4.98 Å². The highest BCUT2D eigenvalue weighted by Crippen LogP contribution is 2.23. The van der Waals surface area contributed by atoms with E-state index in [0.29, 0.717) is 13.2 Å². The molecule has 6 heteroatoms. The minimum absolute atomic E-state index is 0.100. The molecule has 0 aliphatic rings. The van der Waals surface area contributed by atoms with E-state index in [9.17, 15) is 0 Å². The number of anilines is 1. The molecule has 0 aromatic carbocycles. The maximum absolute atomic E-state index is 5.27. The van der Waals surface area contributed by atoms with Crippen LogP contribution in [-0.4, -0.2) is 50.5 Å². The Morgan fingerprint density at radius 2 is 2.05 bits per heavy atom. The lowest BCUT2D eigenvalue weighted by atomic mass is 10.1. The second-order valence-electron chi connectivity index (χ2n) is 6.22. The Labute approximate surface area is 132 Å². The van der Waals surface area contributed by atoms with E-state index in [1.54, 1.807) is 25.6 Å². The molecule has 0 fully saturated rings. The van der Waals surface area contributed by atoms with Crippen LogP contribution in [0, 0.1) is 0 Å². The monoisotopic (exact) mass is 315 g/mol. The van der Waals surface area contributed by atoms with Gasteiger partial charge in [0.1, 0.15) is 0 Å². The molecule has 0 aliphatic heterocycles. The third-order valence-corrected chi connectivity index (χ3v) is 3.99. The average molecular weight is 315 g/mol. The second-order valence-corrected chi connectivity index (χ2v) is 7.05. The van der Waals surface area contributed by atoms with E-state index in [-0.39, 0.29) is 11.6 Å². The number of rotatable bonds is 9. The number of aromatic nitrogens is 1. The summed E-state index contributed by atoms with van der Waals surface area (Å²) in [5.74, 6) is 0. The van der Waals surface area contributed by atoms with Crippen molar-refractivity contribution in [2.45, 2.75) is 45.8 Å². The molecule has 1 atom stereocenters. The van der Waals surface area contributed by atoms with Crippen LogP contribution in [0.25, 0.3) is 0 Å². The highest BCUT2D eigenvalue weighted by atomic mass is 32.1. The SMILES string of the molecule is COCCN(c1nc(CNC(C)(C)C)cs1)C(C)COC. The molecule has 0 spiro atoms. The van der Waals surface area contributed by atoms with E-state index in [2.05, 4.69) is 43.3 Å². The quantitative estimate of drug-likeness (QED) is 0.759. The number of nitrogens with one attached hydrogen (secondary N) is 1. The average Bonchev–Trinajstić information content (AvgIpc) is 2.85. The van der Waals surface area contributed by atoms with E-state index >= 15 is 0 Å². The molecule has 0 radical (unpaired) electrons. The van der Waals surface area contributed by atoms with Gasteiger partial charge in [0.2, 0.25) is 0 Å². The predicted molar refractivity (Wildman–Crippen MR) is 89.3 cm³/mol. The molecule has 1 unspecified atom stereocenters. The summed E-state index contributed by atoms with van der Waals surface area (Å²) in [6.07, 6.45) is 0. The molecule has 0 saturated carbocycles. The van der Waals surface area contributed by atoms with Crippen LogP contribution in [0.15, 0.2) is 5.38 Å². The van der Waals surface area contributed by atoms with Crippen LogP contribution in [-0.2, 0) is 16.0 Å². The molecule has 0 amide bonds. The van der Waals surface area contributed by atoms with Gasteiger partial charge in [-0.3, -0.25) is 0 Å². The molecule has 0 aliphatic carbocycles. The minimum Gasteiger partial charge on any atom is -0.383 e. The lowest BCUT2D eigenvalue weighted by Gasteiger charge is -2.28. The summed E-state index contributed by atoms with van der Waals surface area (Å²) >= 11 is 1.68. The summed E-state index contributed by atoms with van der Waals surface area (Å²) in [6, 6.07) is 0.278. The highest BCUT2D eigenvalue weighted by molar-refractivity contribution is 7.13. The molecule has 21 heavy (non-hydrogen) atoms. The van der Waals surface area contributed by atoms with Crippen LogP contribution in [0.3, 0.4) is 0 Å². The maximum atomic E-state index is 5.27. The Morgan fingerprint density at radius 1 is 1.33 bits per heavy atom. The van der Waals surface area contributed by atoms with Gasteiger partial charge in [-0.05, 0) is 27.7 Å². The Balaban J connectivity index is 2.71. The normalized spacial score (nSPS) is 13.4. The first-order valence-corrected chi connectivity index (χ1v) is 8.19. The zero-order chi connectivity index (χ0) is 15.9. The molecular formula is C15H29N3O2S. The highest BCUT2D eigenvalue weighted by Gasteiger charge is 2.18. The van der Waals surface area contributed by atoms with Gasteiger partial charge < -0.3 is 19.7 Å². The van der Waals surface area contributed by atoms with Gasteiger partial charge in [0.05, 0.1) is 24.9 Å². The molecule has 1 rings (SSSR count). The first-order valence-electron chi connectivity index (χ1n) is 7.31. The zero-order valence-corrected chi connectivity index (χ0v) is 14.9. The summed E-state index contributed by atoms with van der Waals surface area (Å²) in [6.45, 7) is 11.6. The van der Waals surface area contributed by atoms with Crippen LogP contribution < -0.4 is 10.2 Å². The summed E-state index contributed by atoms with van der Waals surface area (Å²) in [5, 5.41) is 6.61. The van der Waals surface area contributed by atoms with Crippen molar-refractivity contribution < 1.29 is 9.47 Å². The fourth-order valence-corrected chi connectivity index (χ4v) is 2.84. The molecule has 122 valence electrons. The van der Waals surface area contributed by atoms with Crippen molar-refractivity contribution in [2.75, 3.05) is 38.9 Å². The Bertz CT molecular complexity index is 404. The largest absolute Gasteiger partial charge is 0.383 e. The van der Waals surface area contributed by atoms with Crippen LogP contribution in [0.1, 0.15) is 33.4 Å². The van der Waals surface area contributed by atoms with Crippen LogP contribution in [0.2, 0.25) is 0 Å². The third-order valence-electron chi connectivity index (χ3n) is 3.06. The van der Waals surface area contributed by atoms with Crippen molar-refractivity contribution in [1.82, 2.24) is 10.3 Å². The van der Waals surface area contributed by atoms with E-state index in [4.69, 9.17) is 14.5 Å². The number of ether oxygens (including phenoxy) is 2. The molecule has 1 heterocycles. The lowest BCUT2D eigenvalue weighted by molar-refractivity contribution is 0.171. The minimum atomic E-state index is 0.100. The van der Waals surface area contributed by atoms with Crippen molar-refractivity contribution in [3.63, 3.8) is 0 Å². The second kappa shape index (κ2) is 8.68. The standard InChI is InChI=1S/C15H29N3O2S/c1-12(10-20-6)18(7-8-19-5)14-17-13(11-21-14)9-16-15(2,3)4/h11-12,16H,7-10H2,1-6H3. The predicted octanol–water partition coefficient (Wildman–Crippen LogP) is 2.52. The van der Waals surface area contributed by atoms with Gasteiger partial charge >= 0.3 is 0 Å². The Hall–Kier alpha value is -0.690. The van der Waals surface area contributed by atoms with Crippen molar-refractivity contribution in [2.24, 2.45) is 0 Å². The van der Waals surface area contributed by atoms with E-state index < -0.39 is 0 Å². The first-order chi connectivity index (χ1) is 9.87. The Kier molecular flexibility index (Phi) is 7.59. The van der Waals surface area contributed by atoms with Gasteiger partial charge in [0, 0.05) is 38.2 Å². The summed E-state index contributed by atoms with van der Waals surface area (Å²) < 4.78 is 10.5. The van der Waals surface area contributed by atoms with Crippen LogP contribution in [0.5, 0.6) is 0 Å². The Morgan fingerprint density at radius 3 is 2.62 bits per heavy atom. The maximum Gasteiger partial charge on any atom is 0.185 e. The van der Waals surface area contributed by atoms with Gasteiger partial charge in [-0.2, -0.15) is 0 Å². The molecular weight excluding hydrogens is 286 g/mol. The molecule has 0 bridgehead atoms. The summed E-state index contributed by atoms with van der Waals surface area (Å²) in [5.41, 5.74) is 1.18. The fraction of sp³-hybridized carbons (Fsp3) is 0.800. The lowest BCUT2D eigenvalue weighted by Crippen LogP contribution is -2.38. The summed E-state index contributed by atoms with van der Waals surface area (Å²) in [7, 11) is 3.45. The number of hydrogen-bond donors (Lipinski definition) is 1. The molecule has 0 saturated heterocycles.